The zero-order valence-electron chi connectivity index (χ0n) is 44.1. The molecule has 0 radical (unpaired) electrons. The molecule has 0 saturated heterocycles. The molecule has 0 amide bonds. The van der Waals surface area contributed by atoms with Crippen LogP contribution in [0.15, 0.2) is 134 Å². The van der Waals surface area contributed by atoms with Crippen LogP contribution in [0.4, 0.5) is 0 Å². The molecule has 0 bridgehead atoms. The van der Waals surface area contributed by atoms with Crippen molar-refractivity contribution in [2.24, 2.45) is 0 Å². The van der Waals surface area contributed by atoms with Gasteiger partial charge in [-0.05, 0) is 128 Å². The molecule has 68 heavy (non-hydrogen) atoms. The molecule has 0 aliphatic carbocycles. The lowest BCUT2D eigenvalue weighted by atomic mass is 10.1. The molecule has 384 valence electrons. The van der Waals surface area contributed by atoms with E-state index in [4.69, 9.17) is 14.2 Å². The summed E-state index contributed by atoms with van der Waals surface area (Å²) in [6.45, 7) is 7.46. The Balaban J connectivity index is 4.44. The third-order valence-electron chi connectivity index (χ3n) is 11.2. The van der Waals surface area contributed by atoms with E-state index in [1.807, 2.05) is 0 Å². The van der Waals surface area contributed by atoms with Gasteiger partial charge in [0.1, 0.15) is 6.61 Å². The summed E-state index contributed by atoms with van der Waals surface area (Å²) in [5.74, 6) is -0.494. The Morgan fingerprint density at radius 1 is 0.338 bits per heavy atom. The van der Waals surface area contributed by atoms with E-state index < -0.39 is 6.10 Å². The summed E-state index contributed by atoms with van der Waals surface area (Å²) in [5.41, 5.74) is 0. The lowest BCUT2D eigenvalue weighted by Gasteiger charge is -2.18. The summed E-state index contributed by atoms with van der Waals surface area (Å²) in [4.78, 5) is 25.5. The predicted octanol–water partition coefficient (Wildman–Crippen LogP) is 19.1. The summed E-state index contributed by atoms with van der Waals surface area (Å²) in [5, 5.41) is 0. The van der Waals surface area contributed by atoms with Crippen molar-refractivity contribution in [2.75, 3.05) is 19.8 Å². The molecule has 5 heteroatoms. The SMILES string of the molecule is CC/C=C\C/C=C\C/C=C\C/C=C\C/C=C\CCCC(=O)OC(COCCCCCCCC/C=C\C/C=C\C/C=C\CC)COC(=O)CCCCCCCC/C=C\C/C=C\C/C=C\CCCCC. The minimum Gasteiger partial charge on any atom is -0.462 e. The molecule has 0 aromatic rings. The third-order valence-corrected chi connectivity index (χ3v) is 11.2. The topological polar surface area (TPSA) is 61.8 Å². The number of esters is 2. The van der Waals surface area contributed by atoms with Gasteiger partial charge in [0.05, 0.1) is 6.61 Å². The average Bonchev–Trinajstić information content (AvgIpc) is 3.34. The molecule has 1 unspecified atom stereocenters. The first-order chi connectivity index (χ1) is 33.6. The van der Waals surface area contributed by atoms with E-state index in [1.54, 1.807) is 0 Å². The molecule has 0 aromatic carbocycles. The molecule has 1 atom stereocenters. The fourth-order valence-electron chi connectivity index (χ4n) is 7.10. The second kappa shape index (κ2) is 57.4. The van der Waals surface area contributed by atoms with Crippen LogP contribution in [-0.2, 0) is 23.8 Å². The Bertz CT molecular complexity index is 1430. The van der Waals surface area contributed by atoms with Gasteiger partial charge in [-0.25, -0.2) is 0 Å². The molecule has 0 heterocycles. The molecule has 0 fully saturated rings. The van der Waals surface area contributed by atoms with Crippen molar-refractivity contribution in [2.45, 2.75) is 232 Å². The highest BCUT2D eigenvalue weighted by molar-refractivity contribution is 5.70. The van der Waals surface area contributed by atoms with Crippen LogP contribution in [0.5, 0.6) is 0 Å². The van der Waals surface area contributed by atoms with E-state index in [0.29, 0.717) is 25.9 Å². The van der Waals surface area contributed by atoms with Gasteiger partial charge in [0.15, 0.2) is 6.10 Å². The first kappa shape index (κ1) is 64.0. The predicted molar refractivity (Wildman–Crippen MR) is 297 cm³/mol. The van der Waals surface area contributed by atoms with Crippen LogP contribution in [0.3, 0.4) is 0 Å². The highest BCUT2D eigenvalue weighted by Gasteiger charge is 2.17. The van der Waals surface area contributed by atoms with Crippen LogP contribution in [-0.4, -0.2) is 37.9 Å². The normalized spacial score (nSPS) is 13.3. The quantitative estimate of drug-likeness (QED) is 0.0345. The van der Waals surface area contributed by atoms with Crippen molar-refractivity contribution in [1.82, 2.24) is 0 Å². The Morgan fingerprint density at radius 3 is 1.10 bits per heavy atom. The van der Waals surface area contributed by atoms with Gasteiger partial charge >= 0.3 is 11.9 Å². The van der Waals surface area contributed by atoms with Gasteiger partial charge in [-0.3, -0.25) is 9.59 Å². The summed E-state index contributed by atoms with van der Waals surface area (Å²) >= 11 is 0. The van der Waals surface area contributed by atoms with Crippen LogP contribution >= 0.6 is 0 Å². The van der Waals surface area contributed by atoms with Gasteiger partial charge in [-0.1, -0.05) is 219 Å². The summed E-state index contributed by atoms with van der Waals surface area (Å²) in [7, 11) is 0. The largest absolute Gasteiger partial charge is 0.462 e. The number of rotatable bonds is 49. The van der Waals surface area contributed by atoms with Crippen LogP contribution in [0.1, 0.15) is 226 Å². The molecule has 0 rings (SSSR count). The van der Waals surface area contributed by atoms with Gasteiger partial charge in [0.25, 0.3) is 0 Å². The second-order valence-electron chi connectivity index (χ2n) is 17.7. The lowest BCUT2D eigenvalue weighted by Crippen LogP contribution is -2.30. The van der Waals surface area contributed by atoms with E-state index in [0.717, 1.165) is 116 Å². The Hall–Kier alpha value is -3.96. The minimum absolute atomic E-state index is 0.0415. The smallest absolute Gasteiger partial charge is 0.306 e. The fraction of sp³-hybridized carbons (Fsp3) is 0.619. The monoisotopic (exact) mass is 939 g/mol. The molecule has 5 nitrogen and oxygen atoms in total. The van der Waals surface area contributed by atoms with Crippen molar-refractivity contribution in [3.63, 3.8) is 0 Å². The van der Waals surface area contributed by atoms with E-state index in [9.17, 15) is 9.59 Å². The summed E-state index contributed by atoms with van der Waals surface area (Å²) < 4.78 is 17.4. The average molecular weight is 940 g/mol. The first-order valence-corrected chi connectivity index (χ1v) is 27.7. The van der Waals surface area contributed by atoms with Gasteiger partial charge in [0, 0.05) is 19.4 Å². The zero-order valence-corrected chi connectivity index (χ0v) is 44.1. The number of hydrogen-bond donors (Lipinski definition) is 0. The maximum Gasteiger partial charge on any atom is 0.306 e. The minimum atomic E-state index is -0.589. The van der Waals surface area contributed by atoms with Crippen molar-refractivity contribution in [3.8, 4) is 0 Å². The van der Waals surface area contributed by atoms with Gasteiger partial charge < -0.3 is 14.2 Å². The van der Waals surface area contributed by atoms with E-state index in [-0.39, 0.29) is 25.2 Å². The van der Waals surface area contributed by atoms with Crippen LogP contribution in [0.2, 0.25) is 0 Å². The van der Waals surface area contributed by atoms with Crippen molar-refractivity contribution >= 4 is 11.9 Å². The van der Waals surface area contributed by atoms with Crippen LogP contribution in [0, 0.1) is 0 Å². The van der Waals surface area contributed by atoms with E-state index in [2.05, 4.69) is 154 Å². The second-order valence-corrected chi connectivity index (χ2v) is 17.7. The molecule has 0 aromatic heterocycles. The molecule has 0 N–H and O–H groups in total. The molecular weight excluding hydrogens is 837 g/mol. The number of carbonyl (C=O) groups excluding carboxylic acids is 2. The Kier molecular flexibility index (Phi) is 54.0. The summed E-state index contributed by atoms with van der Waals surface area (Å²) in [6, 6.07) is 0. The van der Waals surface area contributed by atoms with Crippen molar-refractivity contribution in [3.05, 3.63) is 134 Å². The Morgan fingerprint density at radius 2 is 0.676 bits per heavy atom. The molecule has 0 spiro atoms. The fourth-order valence-corrected chi connectivity index (χ4v) is 7.10. The standard InChI is InChI=1S/C63H102O5/c1-4-7-10-13-16-19-22-25-28-31-32-34-35-38-41-44-47-50-53-56-62(64)67-60-61(59-66-58-55-52-49-46-43-40-37-30-27-24-21-18-15-12-9-6-3)68-63(65)57-54-51-48-45-42-39-36-33-29-26-23-20-17-14-11-8-5-2/h8-9,11-12,16-21,25-30,32,34,36,39,45,48,61H,4-7,10,13-15,22-24,31,33,35,37-38,40-44,46-47,49-60H2,1-3H3/b11-8-,12-9-,19-16-,20-17-,21-18-,28-25-,29-26-,30-27-,34-32-,39-36-,48-45-. The molecule has 0 aliphatic rings. The van der Waals surface area contributed by atoms with Crippen LogP contribution in [0.25, 0.3) is 0 Å². The van der Waals surface area contributed by atoms with Crippen LogP contribution < -0.4 is 0 Å². The van der Waals surface area contributed by atoms with Gasteiger partial charge in [-0.15, -0.1) is 0 Å². The molecule has 0 saturated carbocycles. The van der Waals surface area contributed by atoms with E-state index >= 15 is 0 Å². The number of hydrogen-bond acceptors (Lipinski definition) is 5. The summed E-state index contributed by atoms with van der Waals surface area (Å²) in [6.07, 6.45) is 81.8. The number of ether oxygens (including phenoxy) is 3. The van der Waals surface area contributed by atoms with Gasteiger partial charge in [0.2, 0.25) is 0 Å². The Labute approximate surface area is 419 Å². The van der Waals surface area contributed by atoms with Crippen molar-refractivity contribution in [1.29, 1.82) is 0 Å². The maximum absolute atomic E-state index is 12.8. The number of allylic oxidation sites excluding steroid dienone is 22. The molecular formula is C63H102O5. The number of carbonyl (C=O) groups is 2. The number of unbranched alkanes of at least 4 members (excludes halogenated alkanes) is 16. The van der Waals surface area contributed by atoms with Gasteiger partial charge in [-0.2, -0.15) is 0 Å². The highest BCUT2D eigenvalue weighted by atomic mass is 16.6. The van der Waals surface area contributed by atoms with Crippen molar-refractivity contribution < 1.29 is 23.8 Å². The molecule has 0 aliphatic heterocycles. The lowest BCUT2D eigenvalue weighted by molar-refractivity contribution is -0.162. The third kappa shape index (κ3) is 54.6. The van der Waals surface area contributed by atoms with E-state index in [1.165, 1.54) is 70.6 Å². The highest BCUT2D eigenvalue weighted by Crippen LogP contribution is 2.12. The maximum atomic E-state index is 12.8. The zero-order chi connectivity index (χ0) is 49.2. The first-order valence-electron chi connectivity index (χ1n) is 27.7.